The summed E-state index contributed by atoms with van der Waals surface area (Å²) >= 11 is 1.15. The highest BCUT2D eigenvalue weighted by atomic mass is 32.2. The molecule has 0 aromatic heterocycles. The number of hydrogen-bond acceptors (Lipinski definition) is 6. The fourth-order valence-corrected chi connectivity index (χ4v) is 5.22. The first kappa shape index (κ1) is 21.7. The largest absolute Gasteiger partial charge is 0.459 e. The molecule has 3 aliphatic heterocycles. The lowest BCUT2D eigenvalue weighted by atomic mass is 9.91. The van der Waals surface area contributed by atoms with Crippen molar-refractivity contribution in [2.75, 3.05) is 5.75 Å². The third-order valence-corrected chi connectivity index (χ3v) is 6.76. The second-order valence-corrected chi connectivity index (χ2v) is 9.38. The second-order valence-electron chi connectivity index (χ2n) is 8.38. The molecule has 7 heteroatoms. The van der Waals surface area contributed by atoms with Crippen LogP contribution >= 0.6 is 11.8 Å². The maximum atomic E-state index is 12.4. The van der Waals surface area contributed by atoms with Crippen molar-refractivity contribution in [3.8, 4) is 0 Å². The van der Waals surface area contributed by atoms with E-state index in [9.17, 15) is 14.7 Å². The molecule has 0 saturated carbocycles. The summed E-state index contributed by atoms with van der Waals surface area (Å²) in [5, 5.41) is 13.8. The molecule has 0 aromatic rings. The minimum Gasteiger partial charge on any atom is -0.459 e. The maximum Gasteiger partial charge on any atom is 0.330 e. The number of thioether (sulfide) groups is 1. The van der Waals surface area contributed by atoms with Gasteiger partial charge in [-0.1, -0.05) is 55.9 Å². The van der Waals surface area contributed by atoms with E-state index in [4.69, 9.17) is 9.47 Å². The highest BCUT2D eigenvalue weighted by Gasteiger charge is 2.49. The van der Waals surface area contributed by atoms with E-state index in [2.05, 4.69) is 5.32 Å². The van der Waals surface area contributed by atoms with Crippen LogP contribution < -0.4 is 5.32 Å². The molecule has 3 rings (SSSR count). The summed E-state index contributed by atoms with van der Waals surface area (Å²) in [7, 11) is 0. The van der Waals surface area contributed by atoms with Gasteiger partial charge < -0.3 is 19.9 Å². The molecular weight excluding hydrogens is 378 g/mol. The van der Waals surface area contributed by atoms with Gasteiger partial charge in [0.25, 0.3) is 5.24 Å². The van der Waals surface area contributed by atoms with Crippen LogP contribution in [0.5, 0.6) is 0 Å². The quantitative estimate of drug-likeness (QED) is 0.633. The van der Waals surface area contributed by atoms with E-state index in [-0.39, 0.29) is 23.7 Å². The van der Waals surface area contributed by atoms with Gasteiger partial charge in [0, 0.05) is 24.7 Å². The summed E-state index contributed by atoms with van der Waals surface area (Å²) < 4.78 is 11.8. The smallest absolute Gasteiger partial charge is 0.330 e. The molecule has 2 N–H and O–H groups in total. The van der Waals surface area contributed by atoms with Crippen molar-refractivity contribution in [1.29, 1.82) is 0 Å². The molecule has 3 heterocycles. The predicted molar refractivity (Wildman–Crippen MR) is 109 cm³/mol. The maximum absolute atomic E-state index is 12.4. The fraction of sp³-hybridized carbons (Fsp3) is 0.810. The number of amides is 1. The van der Waals surface area contributed by atoms with E-state index < -0.39 is 17.9 Å². The number of fused-ring (bicyclic) bond motifs is 2. The Labute approximate surface area is 171 Å². The van der Waals surface area contributed by atoms with Crippen molar-refractivity contribution in [2.45, 2.75) is 102 Å². The van der Waals surface area contributed by atoms with Crippen LogP contribution in [0.1, 0.15) is 77.6 Å². The summed E-state index contributed by atoms with van der Waals surface area (Å²) in [4.78, 5) is 24.0. The van der Waals surface area contributed by atoms with Crippen LogP contribution in [-0.4, -0.2) is 46.1 Å². The lowest BCUT2D eigenvalue weighted by Crippen LogP contribution is -2.58. The number of nitrogens with one attached hydrogen (secondary N) is 1. The van der Waals surface area contributed by atoms with Crippen molar-refractivity contribution >= 4 is 23.0 Å². The Hall–Kier alpha value is -1.05. The van der Waals surface area contributed by atoms with Crippen molar-refractivity contribution in [1.82, 2.24) is 5.32 Å². The van der Waals surface area contributed by atoms with E-state index in [0.717, 1.165) is 49.4 Å². The Morgan fingerprint density at radius 3 is 2.54 bits per heavy atom. The molecule has 4 atom stereocenters. The lowest BCUT2D eigenvalue weighted by molar-refractivity contribution is -0.283. The van der Waals surface area contributed by atoms with Gasteiger partial charge in [-0.05, 0) is 26.2 Å². The third-order valence-electron chi connectivity index (χ3n) is 5.88. The molecule has 158 valence electrons. The van der Waals surface area contributed by atoms with Crippen molar-refractivity contribution < 1.29 is 24.2 Å². The molecule has 28 heavy (non-hydrogen) atoms. The van der Waals surface area contributed by atoms with Crippen LogP contribution in [0.15, 0.2) is 11.6 Å². The Balaban J connectivity index is 1.71. The normalized spacial score (nSPS) is 38.2. The van der Waals surface area contributed by atoms with E-state index >= 15 is 0 Å². The first-order valence-electron chi connectivity index (χ1n) is 10.7. The number of allylic oxidation sites excluding steroid dienone is 1. The number of esters is 1. The van der Waals surface area contributed by atoms with Gasteiger partial charge in [-0.25, -0.2) is 4.79 Å². The number of rotatable bonds is 1. The van der Waals surface area contributed by atoms with Crippen LogP contribution in [0, 0.1) is 0 Å². The summed E-state index contributed by atoms with van der Waals surface area (Å²) in [5.74, 6) is -1.37. The van der Waals surface area contributed by atoms with Gasteiger partial charge in [0.05, 0.1) is 12.1 Å². The number of ether oxygens (including phenoxy) is 2. The molecule has 0 aliphatic carbocycles. The molecule has 0 spiro atoms. The number of hydrogen-bond donors (Lipinski definition) is 2. The average Bonchev–Trinajstić information content (AvgIpc) is 3.06. The molecule has 0 radical (unpaired) electrons. The minimum absolute atomic E-state index is 0.147. The summed E-state index contributed by atoms with van der Waals surface area (Å²) in [6.07, 6.45) is 11.7. The van der Waals surface area contributed by atoms with E-state index in [1.165, 1.54) is 25.7 Å². The van der Waals surface area contributed by atoms with Gasteiger partial charge in [0.15, 0.2) is 5.79 Å². The summed E-state index contributed by atoms with van der Waals surface area (Å²) in [5.41, 5.74) is 1.04. The topological polar surface area (TPSA) is 84.9 Å². The second kappa shape index (κ2) is 10.1. The number of aliphatic hydroxyl groups is 1. The van der Waals surface area contributed by atoms with Crippen molar-refractivity contribution in [3.63, 3.8) is 0 Å². The molecule has 2 saturated heterocycles. The zero-order valence-corrected chi connectivity index (χ0v) is 17.6. The molecule has 1 amide bonds. The fourth-order valence-electron chi connectivity index (χ4n) is 4.34. The number of carbonyl (C=O) groups is 2. The van der Waals surface area contributed by atoms with Gasteiger partial charge >= 0.3 is 5.97 Å². The monoisotopic (exact) mass is 411 g/mol. The molecule has 3 aliphatic rings. The van der Waals surface area contributed by atoms with Gasteiger partial charge in [-0.15, -0.1) is 0 Å². The highest BCUT2D eigenvalue weighted by Crippen LogP contribution is 2.36. The van der Waals surface area contributed by atoms with E-state index in [0.29, 0.717) is 12.2 Å². The van der Waals surface area contributed by atoms with Gasteiger partial charge in [-0.2, -0.15) is 0 Å². The molecule has 2 unspecified atom stereocenters. The van der Waals surface area contributed by atoms with Crippen LogP contribution in [0.4, 0.5) is 4.79 Å². The Bertz CT molecular complexity index is 595. The number of carbonyl (C=O) groups excluding carboxylic acids is 2. The van der Waals surface area contributed by atoms with Crippen LogP contribution in [0.3, 0.4) is 0 Å². The van der Waals surface area contributed by atoms with Crippen LogP contribution in [-0.2, 0) is 14.3 Å². The predicted octanol–water partition coefficient (Wildman–Crippen LogP) is 4.06. The Morgan fingerprint density at radius 1 is 1.11 bits per heavy atom. The molecular formula is C21H33NO5S. The van der Waals surface area contributed by atoms with Gasteiger partial charge in [0.1, 0.15) is 6.10 Å². The molecule has 0 aromatic carbocycles. The standard InChI is InChI=1S/C21H33NO5S/c1-15-9-7-5-3-2-4-6-8-10-16-12-17(26-19(23)11-15)13-21(25,27-16)18-14-28-20(24)22-18/h11,16-18,25H,2-10,12-14H2,1H3,(H,22,24)/b15-11-/t16?,17?,18-,21+/m0/s1. The van der Waals surface area contributed by atoms with E-state index in [1.807, 2.05) is 6.92 Å². The van der Waals surface area contributed by atoms with Crippen molar-refractivity contribution in [2.24, 2.45) is 0 Å². The first-order chi connectivity index (χ1) is 13.4. The van der Waals surface area contributed by atoms with E-state index in [1.54, 1.807) is 6.08 Å². The Morgan fingerprint density at radius 2 is 1.82 bits per heavy atom. The first-order valence-corrected chi connectivity index (χ1v) is 11.6. The zero-order valence-electron chi connectivity index (χ0n) is 16.8. The summed E-state index contributed by atoms with van der Waals surface area (Å²) in [6, 6.07) is -0.475. The highest BCUT2D eigenvalue weighted by molar-refractivity contribution is 8.14. The average molecular weight is 412 g/mol. The SMILES string of the molecule is C/C1=C/C(=O)OC2CC(CCCCCCCCC1)O[C@@](O)([C@@H]1CSC(=O)N1)C2. The van der Waals surface area contributed by atoms with Gasteiger partial charge in [0.2, 0.25) is 0 Å². The zero-order chi connectivity index (χ0) is 20.0. The minimum atomic E-state index is -1.49. The van der Waals surface area contributed by atoms with Crippen molar-refractivity contribution in [3.05, 3.63) is 11.6 Å². The van der Waals surface area contributed by atoms with Gasteiger partial charge in [-0.3, -0.25) is 4.79 Å². The van der Waals surface area contributed by atoms with Crippen LogP contribution in [0.25, 0.3) is 0 Å². The van der Waals surface area contributed by atoms with Crippen LogP contribution in [0.2, 0.25) is 0 Å². The third kappa shape index (κ3) is 6.22. The lowest BCUT2D eigenvalue weighted by Gasteiger charge is -2.43. The molecule has 2 bridgehead atoms. The Kier molecular flexibility index (Phi) is 7.83. The molecule has 6 nitrogen and oxygen atoms in total. The molecule has 2 fully saturated rings. The summed E-state index contributed by atoms with van der Waals surface area (Å²) in [6.45, 7) is 1.97.